The maximum atomic E-state index is 6.16. The molecule has 0 amide bonds. The molecule has 1 aliphatic rings. The highest BCUT2D eigenvalue weighted by Crippen LogP contribution is 2.18. The van der Waals surface area contributed by atoms with Crippen LogP contribution in [0.4, 0.5) is 5.69 Å². The average molecular weight is 261 g/mol. The molecule has 1 aromatic rings. The molecular formula is C16H27N3. The number of hydrogen-bond acceptors (Lipinski definition) is 3. The van der Waals surface area contributed by atoms with Crippen LogP contribution in [0.3, 0.4) is 0 Å². The van der Waals surface area contributed by atoms with Crippen LogP contribution in [0.15, 0.2) is 24.3 Å². The summed E-state index contributed by atoms with van der Waals surface area (Å²) in [7, 11) is 0. The normalized spacial score (nSPS) is 18.9. The topological polar surface area (TPSA) is 32.5 Å². The summed E-state index contributed by atoms with van der Waals surface area (Å²) in [4.78, 5) is 4.97. The van der Waals surface area contributed by atoms with Crippen molar-refractivity contribution in [3.8, 4) is 0 Å². The van der Waals surface area contributed by atoms with Gasteiger partial charge in [-0.25, -0.2) is 0 Å². The van der Waals surface area contributed by atoms with Crippen LogP contribution in [-0.4, -0.2) is 43.7 Å². The molecule has 2 N–H and O–H groups in total. The van der Waals surface area contributed by atoms with Gasteiger partial charge in [0.25, 0.3) is 0 Å². The fraction of sp³-hybridized carbons (Fsp3) is 0.625. The number of nitrogens with zero attached hydrogens (tertiary/aromatic N) is 2. The summed E-state index contributed by atoms with van der Waals surface area (Å²) >= 11 is 0. The van der Waals surface area contributed by atoms with Crippen LogP contribution >= 0.6 is 0 Å². The van der Waals surface area contributed by atoms with E-state index in [2.05, 4.69) is 54.8 Å². The molecule has 1 aromatic carbocycles. The Bertz CT molecular complexity index is 395. The molecule has 3 heteroatoms. The van der Waals surface area contributed by atoms with Gasteiger partial charge in [-0.05, 0) is 30.5 Å². The summed E-state index contributed by atoms with van der Waals surface area (Å²) in [6, 6.07) is 9.08. The lowest BCUT2D eigenvalue weighted by Crippen LogP contribution is -2.50. The third kappa shape index (κ3) is 3.95. The predicted molar refractivity (Wildman–Crippen MR) is 82.6 cm³/mol. The van der Waals surface area contributed by atoms with Gasteiger partial charge >= 0.3 is 0 Å². The third-order valence-electron chi connectivity index (χ3n) is 4.06. The Morgan fingerprint density at radius 2 is 1.84 bits per heavy atom. The Balaban J connectivity index is 1.85. The van der Waals surface area contributed by atoms with Gasteiger partial charge in [0.2, 0.25) is 0 Å². The average Bonchev–Trinajstić information content (AvgIpc) is 2.39. The monoisotopic (exact) mass is 261 g/mol. The van der Waals surface area contributed by atoms with Crippen LogP contribution in [0.1, 0.15) is 19.4 Å². The largest absolute Gasteiger partial charge is 0.369 e. The lowest BCUT2D eigenvalue weighted by molar-refractivity contribution is 0.226. The Kier molecular flexibility index (Phi) is 4.83. The molecule has 1 fully saturated rings. The van der Waals surface area contributed by atoms with Crippen molar-refractivity contribution in [3.05, 3.63) is 29.8 Å². The number of aryl methyl sites for hydroxylation is 1. The molecule has 0 radical (unpaired) electrons. The number of benzene rings is 1. The molecule has 3 nitrogen and oxygen atoms in total. The molecule has 19 heavy (non-hydrogen) atoms. The standard InChI is InChI=1S/C16H27N3/c1-13(2)16(17)12-18-7-9-19(10-8-18)15-6-4-5-14(3)11-15/h4-6,11,13,16H,7-10,12,17H2,1-3H3/t16-/m1/s1. The first-order valence-corrected chi connectivity index (χ1v) is 7.36. The first-order chi connectivity index (χ1) is 9.06. The molecule has 1 aliphatic heterocycles. The summed E-state index contributed by atoms with van der Waals surface area (Å²) in [6.07, 6.45) is 0. The molecule has 1 atom stereocenters. The maximum Gasteiger partial charge on any atom is 0.0369 e. The molecule has 106 valence electrons. The summed E-state index contributed by atoms with van der Waals surface area (Å²) in [5, 5.41) is 0. The van der Waals surface area contributed by atoms with Crippen LogP contribution in [0, 0.1) is 12.8 Å². The van der Waals surface area contributed by atoms with E-state index in [0.29, 0.717) is 12.0 Å². The smallest absolute Gasteiger partial charge is 0.0369 e. The molecule has 1 heterocycles. The zero-order valence-corrected chi connectivity index (χ0v) is 12.5. The third-order valence-corrected chi connectivity index (χ3v) is 4.06. The van der Waals surface area contributed by atoms with Crippen LogP contribution in [0.2, 0.25) is 0 Å². The van der Waals surface area contributed by atoms with E-state index in [0.717, 1.165) is 32.7 Å². The van der Waals surface area contributed by atoms with E-state index >= 15 is 0 Å². The van der Waals surface area contributed by atoms with E-state index in [1.165, 1.54) is 11.3 Å². The van der Waals surface area contributed by atoms with Crippen LogP contribution in [0.25, 0.3) is 0 Å². The van der Waals surface area contributed by atoms with E-state index in [4.69, 9.17) is 5.73 Å². The summed E-state index contributed by atoms with van der Waals surface area (Å²) in [6.45, 7) is 12.0. The minimum atomic E-state index is 0.297. The highest BCUT2D eigenvalue weighted by Gasteiger charge is 2.19. The van der Waals surface area contributed by atoms with Crippen molar-refractivity contribution >= 4 is 5.69 Å². The van der Waals surface area contributed by atoms with Gasteiger partial charge < -0.3 is 10.6 Å². The van der Waals surface area contributed by atoms with Crippen molar-refractivity contribution in [3.63, 3.8) is 0 Å². The van der Waals surface area contributed by atoms with Crippen LogP contribution in [-0.2, 0) is 0 Å². The lowest BCUT2D eigenvalue weighted by Gasteiger charge is -2.37. The summed E-state index contributed by atoms with van der Waals surface area (Å²) < 4.78 is 0. The van der Waals surface area contributed by atoms with Gasteiger partial charge in [-0.1, -0.05) is 26.0 Å². The Labute approximate surface area is 117 Å². The molecule has 0 aliphatic carbocycles. The van der Waals surface area contributed by atoms with Crippen molar-refractivity contribution in [2.45, 2.75) is 26.8 Å². The number of hydrogen-bond donors (Lipinski definition) is 1. The van der Waals surface area contributed by atoms with Gasteiger partial charge in [0.05, 0.1) is 0 Å². The molecule has 0 bridgehead atoms. The number of rotatable bonds is 4. The first-order valence-electron chi connectivity index (χ1n) is 7.36. The van der Waals surface area contributed by atoms with Gasteiger partial charge in [0.1, 0.15) is 0 Å². The van der Waals surface area contributed by atoms with Gasteiger partial charge in [0.15, 0.2) is 0 Å². The van der Waals surface area contributed by atoms with E-state index in [1.807, 2.05) is 0 Å². The molecule has 0 unspecified atom stereocenters. The Morgan fingerprint density at radius 1 is 1.16 bits per heavy atom. The van der Waals surface area contributed by atoms with E-state index < -0.39 is 0 Å². The summed E-state index contributed by atoms with van der Waals surface area (Å²) in [5.41, 5.74) is 8.85. The highest BCUT2D eigenvalue weighted by atomic mass is 15.3. The van der Waals surface area contributed by atoms with E-state index in [-0.39, 0.29) is 0 Å². The zero-order chi connectivity index (χ0) is 13.8. The number of nitrogens with two attached hydrogens (primary N) is 1. The second-order valence-corrected chi connectivity index (χ2v) is 6.03. The molecular weight excluding hydrogens is 234 g/mol. The van der Waals surface area contributed by atoms with Gasteiger partial charge in [-0.3, -0.25) is 4.90 Å². The van der Waals surface area contributed by atoms with Crippen molar-refractivity contribution in [2.24, 2.45) is 11.7 Å². The Morgan fingerprint density at radius 3 is 2.42 bits per heavy atom. The molecule has 0 aromatic heterocycles. The van der Waals surface area contributed by atoms with Crippen molar-refractivity contribution in [1.82, 2.24) is 4.90 Å². The van der Waals surface area contributed by atoms with E-state index in [9.17, 15) is 0 Å². The minimum Gasteiger partial charge on any atom is -0.369 e. The summed E-state index contributed by atoms with van der Waals surface area (Å²) in [5.74, 6) is 0.565. The quantitative estimate of drug-likeness (QED) is 0.901. The Hall–Kier alpha value is -1.06. The first kappa shape index (κ1) is 14.4. The highest BCUT2D eigenvalue weighted by molar-refractivity contribution is 5.48. The molecule has 0 saturated carbocycles. The fourth-order valence-electron chi connectivity index (χ4n) is 2.52. The van der Waals surface area contributed by atoms with Gasteiger partial charge in [-0.2, -0.15) is 0 Å². The lowest BCUT2D eigenvalue weighted by atomic mass is 10.0. The fourth-order valence-corrected chi connectivity index (χ4v) is 2.52. The zero-order valence-electron chi connectivity index (χ0n) is 12.5. The van der Waals surface area contributed by atoms with Crippen LogP contribution < -0.4 is 10.6 Å². The van der Waals surface area contributed by atoms with Crippen molar-refractivity contribution in [1.29, 1.82) is 0 Å². The molecule has 1 saturated heterocycles. The van der Waals surface area contributed by atoms with Gasteiger partial charge in [-0.15, -0.1) is 0 Å². The van der Waals surface area contributed by atoms with Gasteiger partial charge in [0, 0.05) is 44.5 Å². The predicted octanol–water partition coefficient (Wildman–Crippen LogP) is 2.10. The SMILES string of the molecule is Cc1cccc(N2CCN(C[C@@H](N)C(C)C)CC2)c1. The number of anilines is 1. The minimum absolute atomic E-state index is 0.297. The van der Waals surface area contributed by atoms with Crippen LogP contribution in [0.5, 0.6) is 0 Å². The number of piperazine rings is 1. The maximum absolute atomic E-state index is 6.16. The second-order valence-electron chi connectivity index (χ2n) is 6.03. The molecule has 2 rings (SSSR count). The van der Waals surface area contributed by atoms with E-state index in [1.54, 1.807) is 0 Å². The second kappa shape index (κ2) is 6.40. The van der Waals surface area contributed by atoms with Crippen molar-refractivity contribution < 1.29 is 0 Å². The molecule has 0 spiro atoms. The van der Waals surface area contributed by atoms with Crippen molar-refractivity contribution in [2.75, 3.05) is 37.6 Å².